The number of benzene rings is 1. The SMILES string of the molecule is CC1(CN)CCN(c2cnc(Sc3ccc4cc[nH]c(=O)c4c3Cl)cn2)CC1. The van der Waals surface area contributed by atoms with Crippen LogP contribution in [0.2, 0.25) is 5.02 Å². The molecule has 3 aromatic rings. The highest BCUT2D eigenvalue weighted by molar-refractivity contribution is 7.99. The monoisotopic (exact) mass is 415 g/mol. The first kappa shape index (κ1) is 19.2. The van der Waals surface area contributed by atoms with Crippen LogP contribution in [-0.2, 0) is 0 Å². The van der Waals surface area contributed by atoms with E-state index in [2.05, 4.69) is 26.8 Å². The Morgan fingerprint density at radius 3 is 2.71 bits per heavy atom. The summed E-state index contributed by atoms with van der Waals surface area (Å²) in [7, 11) is 0. The first-order chi connectivity index (χ1) is 13.5. The van der Waals surface area contributed by atoms with Crippen molar-refractivity contribution >= 4 is 40.0 Å². The summed E-state index contributed by atoms with van der Waals surface area (Å²) in [6.07, 6.45) is 7.29. The van der Waals surface area contributed by atoms with Crippen molar-refractivity contribution in [3.8, 4) is 0 Å². The fraction of sp³-hybridized carbons (Fsp3) is 0.350. The number of aromatic amines is 1. The second kappa shape index (κ2) is 7.73. The number of anilines is 1. The Bertz CT molecular complexity index is 1040. The lowest BCUT2D eigenvalue weighted by Crippen LogP contribution is -2.42. The number of pyridine rings is 1. The molecule has 0 amide bonds. The van der Waals surface area contributed by atoms with Gasteiger partial charge in [0.25, 0.3) is 5.56 Å². The van der Waals surface area contributed by atoms with Crippen molar-refractivity contribution < 1.29 is 0 Å². The molecule has 1 aliphatic heterocycles. The van der Waals surface area contributed by atoms with Gasteiger partial charge in [0.05, 0.1) is 22.8 Å². The number of nitrogens with zero attached hydrogens (tertiary/aromatic N) is 3. The fourth-order valence-electron chi connectivity index (χ4n) is 3.42. The van der Waals surface area contributed by atoms with Crippen molar-refractivity contribution in [2.45, 2.75) is 29.7 Å². The molecule has 6 nitrogen and oxygen atoms in total. The van der Waals surface area contributed by atoms with E-state index >= 15 is 0 Å². The van der Waals surface area contributed by atoms with Gasteiger partial charge in [-0.3, -0.25) is 4.79 Å². The predicted molar refractivity (Wildman–Crippen MR) is 114 cm³/mol. The molecule has 0 bridgehead atoms. The normalized spacial score (nSPS) is 16.5. The summed E-state index contributed by atoms with van der Waals surface area (Å²) in [4.78, 5) is 26.9. The standard InChI is InChI=1S/C20H22ClN5OS/c1-20(12-22)5-8-26(9-6-20)15-10-25-16(11-24-15)28-14-3-2-13-4-7-23-19(27)17(13)18(14)21/h2-4,7,10-11H,5-6,8-9,12,22H2,1H3,(H,23,27). The smallest absolute Gasteiger partial charge is 0.257 e. The minimum Gasteiger partial charge on any atom is -0.355 e. The number of aromatic nitrogens is 3. The number of nitrogens with one attached hydrogen (secondary N) is 1. The molecule has 1 aromatic carbocycles. The van der Waals surface area contributed by atoms with Gasteiger partial charge in [-0.15, -0.1) is 0 Å². The van der Waals surface area contributed by atoms with Gasteiger partial charge in [-0.05, 0) is 42.3 Å². The van der Waals surface area contributed by atoms with Crippen LogP contribution in [0.4, 0.5) is 5.82 Å². The Kier molecular flexibility index (Phi) is 5.31. The number of piperidine rings is 1. The van der Waals surface area contributed by atoms with Crippen molar-refractivity contribution in [1.82, 2.24) is 15.0 Å². The average Bonchev–Trinajstić information content (AvgIpc) is 2.71. The van der Waals surface area contributed by atoms with Crippen LogP contribution in [-0.4, -0.2) is 34.6 Å². The van der Waals surface area contributed by atoms with E-state index in [9.17, 15) is 4.79 Å². The summed E-state index contributed by atoms with van der Waals surface area (Å²) in [5, 5.41) is 2.48. The Balaban J connectivity index is 1.51. The molecule has 0 atom stereocenters. The predicted octanol–water partition coefficient (Wildman–Crippen LogP) is 3.69. The summed E-state index contributed by atoms with van der Waals surface area (Å²) < 4.78 is 0. The summed E-state index contributed by atoms with van der Waals surface area (Å²) in [6, 6.07) is 5.63. The molecular formula is C20H22ClN5OS. The zero-order valence-electron chi connectivity index (χ0n) is 15.6. The molecule has 8 heteroatoms. The zero-order chi connectivity index (χ0) is 19.7. The largest absolute Gasteiger partial charge is 0.355 e. The Morgan fingerprint density at radius 1 is 1.25 bits per heavy atom. The Labute approximate surface area is 172 Å². The maximum atomic E-state index is 12.1. The van der Waals surface area contributed by atoms with Crippen LogP contribution in [0.5, 0.6) is 0 Å². The first-order valence-corrected chi connectivity index (χ1v) is 10.4. The van der Waals surface area contributed by atoms with E-state index in [1.165, 1.54) is 11.8 Å². The van der Waals surface area contributed by atoms with Crippen molar-refractivity contribution in [3.05, 3.63) is 52.2 Å². The molecule has 146 valence electrons. The van der Waals surface area contributed by atoms with Crippen LogP contribution >= 0.6 is 23.4 Å². The topological polar surface area (TPSA) is 87.9 Å². The van der Waals surface area contributed by atoms with Crippen LogP contribution in [0.1, 0.15) is 19.8 Å². The number of H-pyrrole nitrogens is 1. The maximum Gasteiger partial charge on any atom is 0.257 e. The Hall–Kier alpha value is -2.09. The summed E-state index contributed by atoms with van der Waals surface area (Å²) in [5.74, 6) is 0.879. The summed E-state index contributed by atoms with van der Waals surface area (Å²) >= 11 is 7.89. The van der Waals surface area contributed by atoms with E-state index < -0.39 is 0 Å². The van der Waals surface area contributed by atoms with Crippen molar-refractivity contribution in [2.24, 2.45) is 11.1 Å². The number of hydrogen-bond donors (Lipinski definition) is 2. The molecule has 2 aromatic heterocycles. The third-order valence-corrected chi connectivity index (χ3v) is 6.94. The van der Waals surface area contributed by atoms with E-state index in [4.69, 9.17) is 17.3 Å². The highest BCUT2D eigenvalue weighted by Gasteiger charge is 2.29. The molecule has 0 unspecified atom stereocenters. The number of fused-ring (bicyclic) bond motifs is 1. The zero-order valence-corrected chi connectivity index (χ0v) is 17.2. The maximum absolute atomic E-state index is 12.1. The van der Waals surface area contributed by atoms with Crippen LogP contribution in [0.15, 0.2) is 51.5 Å². The first-order valence-electron chi connectivity index (χ1n) is 9.24. The van der Waals surface area contributed by atoms with E-state index in [1.807, 2.05) is 18.2 Å². The lowest BCUT2D eigenvalue weighted by atomic mass is 9.80. The third-order valence-electron chi connectivity index (χ3n) is 5.46. The minimum atomic E-state index is -0.194. The molecule has 3 heterocycles. The summed E-state index contributed by atoms with van der Waals surface area (Å²) in [5.41, 5.74) is 5.92. The van der Waals surface area contributed by atoms with Crippen molar-refractivity contribution in [3.63, 3.8) is 0 Å². The molecule has 4 rings (SSSR count). The molecule has 3 N–H and O–H groups in total. The number of halogens is 1. The molecule has 0 saturated carbocycles. The van der Waals surface area contributed by atoms with E-state index in [0.717, 1.165) is 53.6 Å². The second-order valence-electron chi connectivity index (χ2n) is 7.47. The molecule has 1 fully saturated rings. The quantitative estimate of drug-likeness (QED) is 0.675. The van der Waals surface area contributed by atoms with Gasteiger partial charge in [-0.25, -0.2) is 9.97 Å². The van der Waals surface area contributed by atoms with E-state index in [0.29, 0.717) is 10.4 Å². The molecule has 1 aliphatic rings. The average molecular weight is 416 g/mol. The second-order valence-corrected chi connectivity index (χ2v) is 8.91. The lowest BCUT2D eigenvalue weighted by Gasteiger charge is -2.39. The van der Waals surface area contributed by atoms with Gasteiger partial charge in [-0.1, -0.05) is 36.4 Å². The van der Waals surface area contributed by atoms with Crippen molar-refractivity contribution in [2.75, 3.05) is 24.5 Å². The third kappa shape index (κ3) is 3.74. The van der Waals surface area contributed by atoms with Crippen LogP contribution in [0.25, 0.3) is 10.8 Å². The highest BCUT2D eigenvalue weighted by Crippen LogP contribution is 2.36. The molecule has 0 spiro atoms. The number of rotatable bonds is 4. The number of hydrogen-bond acceptors (Lipinski definition) is 6. The van der Waals surface area contributed by atoms with Gasteiger partial charge < -0.3 is 15.6 Å². The Morgan fingerprint density at radius 2 is 2.04 bits per heavy atom. The highest BCUT2D eigenvalue weighted by atomic mass is 35.5. The van der Waals surface area contributed by atoms with E-state index in [-0.39, 0.29) is 11.0 Å². The van der Waals surface area contributed by atoms with Gasteiger partial charge in [-0.2, -0.15) is 0 Å². The molecule has 28 heavy (non-hydrogen) atoms. The van der Waals surface area contributed by atoms with Gasteiger partial charge >= 0.3 is 0 Å². The number of nitrogens with two attached hydrogens (primary N) is 1. The molecular weight excluding hydrogens is 394 g/mol. The molecule has 0 radical (unpaired) electrons. The molecule has 0 aliphatic carbocycles. The van der Waals surface area contributed by atoms with Gasteiger partial charge in [0, 0.05) is 24.2 Å². The van der Waals surface area contributed by atoms with Gasteiger partial charge in [0.15, 0.2) is 0 Å². The minimum absolute atomic E-state index is 0.194. The van der Waals surface area contributed by atoms with Crippen LogP contribution in [0, 0.1) is 5.41 Å². The summed E-state index contributed by atoms with van der Waals surface area (Å²) in [6.45, 7) is 4.84. The van der Waals surface area contributed by atoms with E-state index in [1.54, 1.807) is 18.6 Å². The van der Waals surface area contributed by atoms with Crippen molar-refractivity contribution in [1.29, 1.82) is 0 Å². The van der Waals surface area contributed by atoms with Gasteiger partial charge in [0.1, 0.15) is 10.8 Å². The molecule has 1 saturated heterocycles. The van der Waals surface area contributed by atoms with Crippen LogP contribution < -0.4 is 16.2 Å². The van der Waals surface area contributed by atoms with Gasteiger partial charge in [0.2, 0.25) is 0 Å². The van der Waals surface area contributed by atoms with Crippen LogP contribution in [0.3, 0.4) is 0 Å². The lowest BCUT2D eigenvalue weighted by molar-refractivity contribution is 0.258. The fourth-order valence-corrected chi connectivity index (χ4v) is 4.56.